The van der Waals surface area contributed by atoms with Gasteiger partial charge in [0.2, 0.25) is 5.91 Å². The van der Waals surface area contributed by atoms with Gasteiger partial charge in [-0.15, -0.1) is 0 Å². The third-order valence-corrected chi connectivity index (χ3v) is 2.20. The second-order valence-corrected chi connectivity index (χ2v) is 3.92. The molecule has 0 spiro atoms. The van der Waals surface area contributed by atoms with Gasteiger partial charge in [0, 0.05) is 10.7 Å². The van der Waals surface area contributed by atoms with E-state index in [0.29, 0.717) is 10.7 Å². The summed E-state index contributed by atoms with van der Waals surface area (Å²) in [6.07, 6.45) is 0. The van der Waals surface area contributed by atoms with Crippen LogP contribution in [0.15, 0.2) is 24.3 Å². The number of carbonyl (C=O) groups excluding carboxylic acids is 2. The second kappa shape index (κ2) is 7.22. The lowest BCUT2D eigenvalue weighted by Crippen LogP contribution is -2.40. The van der Waals surface area contributed by atoms with Gasteiger partial charge in [-0.3, -0.25) is 9.59 Å². The molecule has 0 saturated carbocycles. The van der Waals surface area contributed by atoms with Gasteiger partial charge in [0.15, 0.2) is 0 Å². The highest BCUT2D eigenvalue weighted by molar-refractivity contribution is 6.30. The summed E-state index contributed by atoms with van der Waals surface area (Å²) < 4.78 is 0. The summed E-state index contributed by atoms with van der Waals surface area (Å²) in [6.45, 7) is -0.800. The Morgan fingerprint density at radius 3 is 2.26 bits per heavy atom. The van der Waals surface area contributed by atoms with Gasteiger partial charge in [-0.2, -0.15) is 0 Å². The molecule has 0 bridgehead atoms. The molecular formula is C11H12ClN3O4. The van der Waals surface area contributed by atoms with Gasteiger partial charge in [-0.25, -0.2) is 4.79 Å². The molecule has 4 N–H and O–H groups in total. The molecule has 0 unspecified atom stereocenters. The molecule has 1 aromatic carbocycles. The van der Waals surface area contributed by atoms with E-state index in [0.717, 1.165) is 0 Å². The van der Waals surface area contributed by atoms with E-state index in [-0.39, 0.29) is 6.54 Å². The Hall–Kier alpha value is -2.28. The molecule has 0 aliphatic heterocycles. The molecule has 7 nitrogen and oxygen atoms in total. The average Bonchev–Trinajstić information content (AvgIpc) is 2.36. The Morgan fingerprint density at radius 1 is 1.05 bits per heavy atom. The minimum atomic E-state index is -1.15. The lowest BCUT2D eigenvalue weighted by atomic mass is 10.3. The first-order valence-corrected chi connectivity index (χ1v) is 5.64. The number of hydrogen-bond donors (Lipinski definition) is 4. The van der Waals surface area contributed by atoms with Crippen LogP contribution in [0.1, 0.15) is 0 Å². The highest BCUT2D eigenvalue weighted by Gasteiger charge is 2.06. The van der Waals surface area contributed by atoms with Crippen LogP contribution in [-0.4, -0.2) is 36.1 Å². The van der Waals surface area contributed by atoms with Crippen molar-refractivity contribution in [1.82, 2.24) is 10.6 Å². The third-order valence-electron chi connectivity index (χ3n) is 1.95. The maximum Gasteiger partial charge on any atom is 0.322 e. The van der Waals surface area contributed by atoms with Crippen molar-refractivity contribution >= 4 is 35.2 Å². The minimum Gasteiger partial charge on any atom is -0.480 e. The van der Waals surface area contributed by atoms with Crippen molar-refractivity contribution in [3.63, 3.8) is 0 Å². The Balaban J connectivity index is 2.29. The Labute approximate surface area is 113 Å². The largest absolute Gasteiger partial charge is 0.480 e. The molecule has 0 aliphatic carbocycles. The van der Waals surface area contributed by atoms with Crippen LogP contribution in [-0.2, 0) is 9.59 Å². The fourth-order valence-electron chi connectivity index (χ4n) is 1.11. The van der Waals surface area contributed by atoms with Crippen LogP contribution in [0.3, 0.4) is 0 Å². The van der Waals surface area contributed by atoms with E-state index < -0.39 is 24.5 Å². The number of aliphatic carboxylic acids is 1. The van der Waals surface area contributed by atoms with Crippen LogP contribution < -0.4 is 16.0 Å². The average molecular weight is 286 g/mol. The lowest BCUT2D eigenvalue weighted by molar-refractivity contribution is -0.137. The van der Waals surface area contributed by atoms with Gasteiger partial charge in [-0.05, 0) is 24.3 Å². The summed E-state index contributed by atoms with van der Waals surface area (Å²) in [4.78, 5) is 32.7. The van der Waals surface area contributed by atoms with E-state index in [1.807, 2.05) is 0 Å². The van der Waals surface area contributed by atoms with Crippen molar-refractivity contribution in [1.29, 1.82) is 0 Å². The van der Waals surface area contributed by atoms with Gasteiger partial charge < -0.3 is 21.1 Å². The number of carboxylic acids is 1. The van der Waals surface area contributed by atoms with E-state index in [1.54, 1.807) is 24.3 Å². The van der Waals surface area contributed by atoms with Gasteiger partial charge in [0.1, 0.15) is 6.54 Å². The second-order valence-electron chi connectivity index (χ2n) is 3.49. The highest BCUT2D eigenvalue weighted by Crippen LogP contribution is 2.12. The van der Waals surface area contributed by atoms with Crippen molar-refractivity contribution in [3.05, 3.63) is 29.3 Å². The maximum atomic E-state index is 11.4. The zero-order valence-electron chi connectivity index (χ0n) is 9.77. The molecule has 19 heavy (non-hydrogen) atoms. The van der Waals surface area contributed by atoms with Crippen molar-refractivity contribution in [2.45, 2.75) is 0 Å². The smallest absolute Gasteiger partial charge is 0.322 e. The first kappa shape index (κ1) is 14.8. The Kier molecular flexibility index (Phi) is 5.62. The third kappa shape index (κ3) is 6.27. The normalized spacial score (nSPS) is 9.53. The number of rotatable bonds is 5. The van der Waals surface area contributed by atoms with E-state index in [2.05, 4.69) is 16.0 Å². The number of nitrogens with one attached hydrogen (secondary N) is 3. The van der Waals surface area contributed by atoms with Crippen molar-refractivity contribution in [3.8, 4) is 0 Å². The fraction of sp³-hybridized carbons (Fsp3) is 0.182. The number of carboxylic acid groups (broad SMARTS) is 1. The molecule has 0 heterocycles. The van der Waals surface area contributed by atoms with Crippen LogP contribution in [0.25, 0.3) is 0 Å². The summed E-state index contributed by atoms with van der Waals surface area (Å²) in [5.41, 5.74) is 0.521. The first-order chi connectivity index (χ1) is 8.97. The quantitative estimate of drug-likeness (QED) is 0.637. The summed E-state index contributed by atoms with van der Waals surface area (Å²) in [5.74, 6) is -1.74. The summed E-state index contributed by atoms with van der Waals surface area (Å²) in [6, 6.07) is 5.85. The molecule has 1 rings (SSSR count). The van der Waals surface area contributed by atoms with Crippen LogP contribution in [0.2, 0.25) is 5.02 Å². The molecule has 0 aliphatic rings. The van der Waals surface area contributed by atoms with Gasteiger partial charge >= 0.3 is 12.0 Å². The van der Waals surface area contributed by atoms with Crippen molar-refractivity contribution < 1.29 is 19.5 Å². The molecular weight excluding hydrogens is 274 g/mol. The fourth-order valence-corrected chi connectivity index (χ4v) is 1.23. The van der Waals surface area contributed by atoms with Crippen LogP contribution in [0, 0.1) is 0 Å². The van der Waals surface area contributed by atoms with Crippen LogP contribution in [0.4, 0.5) is 10.5 Å². The molecule has 8 heteroatoms. The van der Waals surface area contributed by atoms with E-state index in [9.17, 15) is 14.4 Å². The van der Waals surface area contributed by atoms with Crippen molar-refractivity contribution in [2.75, 3.05) is 18.4 Å². The highest BCUT2D eigenvalue weighted by atomic mass is 35.5. The number of halogens is 1. The minimum absolute atomic E-state index is 0.313. The number of hydrogen-bond acceptors (Lipinski definition) is 3. The first-order valence-electron chi connectivity index (χ1n) is 5.26. The zero-order valence-corrected chi connectivity index (χ0v) is 10.5. The van der Waals surface area contributed by atoms with Gasteiger partial charge in [-0.1, -0.05) is 11.6 Å². The SMILES string of the molecule is O=C(O)CNC(=O)CNC(=O)Nc1ccc(Cl)cc1. The van der Waals surface area contributed by atoms with Crippen LogP contribution in [0.5, 0.6) is 0 Å². The summed E-state index contributed by atoms with van der Waals surface area (Å²) >= 11 is 5.68. The monoisotopic (exact) mass is 285 g/mol. The molecule has 0 radical (unpaired) electrons. The predicted octanol–water partition coefficient (Wildman–Crippen LogP) is 0.662. The van der Waals surface area contributed by atoms with Crippen molar-refractivity contribution in [2.24, 2.45) is 0 Å². The molecule has 3 amide bonds. The topological polar surface area (TPSA) is 108 Å². The number of carbonyl (C=O) groups is 3. The Bertz CT molecular complexity index is 475. The van der Waals surface area contributed by atoms with E-state index >= 15 is 0 Å². The molecule has 0 saturated heterocycles. The number of urea groups is 1. The van der Waals surface area contributed by atoms with E-state index in [4.69, 9.17) is 16.7 Å². The maximum absolute atomic E-state index is 11.4. The molecule has 0 atom stereocenters. The number of benzene rings is 1. The summed E-state index contributed by atoms with van der Waals surface area (Å²) in [7, 11) is 0. The lowest BCUT2D eigenvalue weighted by Gasteiger charge is -2.07. The number of anilines is 1. The zero-order chi connectivity index (χ0) is 14.3. The summed E-state index contributed by atoms with van der Waals surface area (Å²) in [5, 5.41) is 15.7. The molecule has 0 aromatic heterocycles. The molecule has 0 fully saturated rings. The standard InChI is InChI=1S/C11H12ClN3O4/c12-7-1-3-8(4-2-7)15-11(19)14-5-9(16)13-6-10(17)18/h1-4H,5-6H2,(H,13,16)(H,17,18)(H2,14,15,19). The predicted molar refractivity (Wildman–Crippen MR) is 69.1 cm³/mol. The van der Waals surface area contributed by atoms with E-state index in [1.165, 1.54) is 0 Å². The molecule has 1 aromatic rings. The van der Waals surface area contributed by atoms with Gasteiger partial charge in [0.05, 0.1) is 6.54 Å². The van der Waals surface area contributed by atoms with Gasteiger partial charge in [0.25, 0.3) is 0 Å². The molecule has 102 valence electrons. The number of amides is 3. The Morgan fingerprint density at radius 2 is 1.68 bits per heavy atom. The van der Waals surface area contributed by atoms with Crippen LogP contribution >= 0.6 is 11.6 Å².